The molecular formula is C25H25N3O5. The van der Waals surface area contributed by atoms with E-state index < -0.39 is 11.6 Å². The normalized spacial score (nSPS) is 22.5. The summed E-state index contributed by atoms with van der Waals surface area (Å²) in [5.41, 5.74) is 1.32. The highest BCUT2D eigenvalue weighted by molar-refractivity contribution is 6.10. The number of amides is 4. The van der Waals surface area contributed by atoms with E-state index >= 15 is 0 Å². The minimum atomic E-state index is -1.07. The van der Waals surface area contributed by atoms with E-state index in [-0.39, 0.29) is 35.8 Å². The molecule has 8 nitrogen and oxygen atoms in total. The predicted octanol–water partition coefficient (Wildman–Crippen LogP) is 2.21. The summed E-state index contributed by atoms with van der Waals surface area (Å²) in [5.74, 6) is -0.762. The largest absolute Gasteiger partial charge is 0.508 e. The van der Waals surface area contributed by atoms with Crippen LogP contribution in [0.15, 0.2) is 48.5 Å². The molecule has 2 fully saturated rings. The van der Waals surface area contributed by atoms with E-state index in [1.807, 2.05) is 24.3 Å². The van der Waals surface area contributed by atoms with Gasteiger partial charge in [-0.05, 0) is 61.1 Å². The lowest BCUT2D eigenvalue weighted by atomic mass is 9.89. The van der Waals surface area contributed by atoms with Gasteiger partial charge in [0.15, 0.2) is 5.78 Å². The minimum absolute atomic E-state index is 0.00182. The van der Waals surface area contributed by atoms with Crippen LogP contribution in [0.25, 0.3) is 0 Å². The number of carbonyl (C=O) groups is 4. The first-order valence-corrected chi connectivity index (χ1v) is 11.2. The number of phenols is 1. The van der Waals surface area contributed by atoms with Gasteiger partial charge in [-0.15, -0.1) is 0 Å². The Bertz CT molecular complexity index is 1140. The molecule has 0 aromatic heterocycles. The Morgan fingerprint density at radius 1 is 1.03 bits per heavy atom. The average molecular weight is 447 g/mol. The van der Waals surface area contributed by atoms with Crippen molar-refractivity contribution < 1.29 is 24.3 Å². The molecule has 1 spiro atoms. The first-order valence-electron chi connectivity index (χ1n) is 11.2. The number of urea groups is 1. The summed E-state index contributed by atoms with van der Waals surface area (Å²) in [6.45, 7) is 0.487. The van der Waals surface area contributed by atoms with Crippen molar-refractivity contribution in [1.82, 2.24) is 15.1 Å². The lowest BCUT2D eigenvalue weighted by Gasteiger charge is -2.32. The molecule has 2 heterocycles. The van der Waals surface area contributed by atoms with Gasteiger partial charge in [-0.2, -0.15) is 0 Å². The van der Waals surface area contributed by atoms with Gasteiger partial charge in [0.2, 0.25) is 5.91 Å². The van der Waals surface area contributed by atoms with Gasteiger partial charge in [-0.3, -0.25) is 19.3 Å². The van der Waals surface area contributed by atoms with E-state index in [2.05, 4.69) is 5.32 Å². The molecule has 0 saturated carbocycles. The lowest BCUT2D eigenvalue weighted by Crippen LogP contribution is -2.47. The fourth-order valence-electron chi connectivity index (χ4n) is 5.22. The van der Waals surface area contributed by atoms with Crippen molar-refractivity contribution in [2.75, 3.05) is 19.6 Å². The molecule has 33 heavy (non-hydrogen) atoms. The molecule has 4 amide bonds. The third kappa shape index (κ3) is 3.55. The second kappa shape index (κ2) is 8.03. The van der Waals surface area contributed by atoms with Crippen molar-refractivity contribution in [3.8, 4) is 5.75 Å². The molecule has 2 N–H and O–H groups in total. The minimum Gasteiger partial charge on any atom is -0.508 e. The van der Waals surface area contributed by atoms with Crippen LogP contribution in [0.3, 0.4) is 0 Å². The van der Waals surface area contributed by atoms with Crippen LogP contribution in [0.5, 0.6) is 5.75 Å². The second-order valence-corrected chi connectivity index (χ2v) is 8.95. The lowest BCUT2D eigenvalue weighted by molar-refractivity contribution is -0.139. The number of nitrogens with zero attached hydrogens (tertiary/aromatic N) is 2. The SMILES string of the molecule is O=C(c1ccc(O)cc1)C1CCN(C(=O)CN2C(=O)N[C@@]3(CCc4ccccc43)C2=O)CC1. The van der Waals surface area contributed by atoms with E-state index in [9.17, 15) is 24.3 Å². The van der Waals surface area contributed by atoms with Crippen molar-refractivity contribution in [2.24, 2.45) is 5.92 Å². The first kappa shape index (κ1) is 21.2. The zero-order valence-corrected chi connectivity index (χ0v) is 18.1. The summed E-state index contributed by atoms with van der Waals surface area (Å²) in [7, 11) is 0. The van der Waals surface area contributed by atoms with Gasteiger partial charge < -0.3 is 15.3 Å². The van der Waals surface area contributed by atoms with Gasteiger partial charge in [0.25, 0.3) is 5.91 Å². The first-order chi connectivity index (χ1) is 15.9. The number of fused-ring (bicyclic) bond motifs is 2. The summed E-state index contributed by atoms with van der Waals surface area (Å²) < 4.78 is 0. The molecule has 170 valence electrons. The molecule has 2 aromatic rings. The number of likely N-dealkylation sites (tertiary alicyclic amines) is 1. The van der Waals surface area contributed by atoms with Crippen LogP contribution in [-0.2, 0) is 21.5 Å². The highest BCUT2D eigenvalue weighted by Crippen LogP contribution is 2.41. The van der Waals surface area contributed by atoms with Crippen LogP contribution < -0.4 is 5.32 Å². The zero-order valence-electron chi connectivity index (χ0n) is 18.1. The maximum atomic E-state index is 13.3. The van der Waals surface area contributed by atoms with Crippen LogP contribution in [0.2, 0.25) is 0 Å². The van der Waals surface area contributed by atoms with Crippen LogP contribution in [-0.4, -0.2) is 58.2 Å². The average Bonchev–Trinajstić information content (AvgIpc) is 3.32. The van der Waals surface area contributed by atoms with E-state index in [1.165, 1.54) is 12.1 Å². The third-order valence-electron chi connectivity index (χ3n) is 7.09. The Morgan fingerprint density at radius 3 is 2.45 bits per heavy atom. The summed E-state index contributed by atoms with van der Waals surface area (Å²) >= 11 is 0. The molecule has 3 aliphatic rings. The van der Waals surface area contributed by atoms with Crippen molar-refractivity contribution in [3.63, 3.8) is 0 Å². The molecule has 0 bridgehead atoms. The Labute approximate surface area is 191 Å². The number of Topliss-reactive ketones (excluding diaryl/α,β-unsaturated/α-hetero) is 1. The summed E-state index contributed by atoms with van der Waals surface area (Å²) in [4.78, 5) is 54.2. The quantitative estimate of drug-likeness (QED) is 0.552. The standard InChI is InChI=1S/C25H25N3O5/c29-19-7-5-17(6-8-19)22(31)18-10-13-27(14-11-18)21(30)15-28-23(32)25(26-24(28)33)12-9-16-3-1-2-4-20(16)25/h1-8,18,29H,9-15H2,(H,26,33)/t25-/m1/s1. The van der Waals surface area contributed by atoms with Crippen LogP contribution >= 0.6 is 0 Å². The molecule has 1 aliphatic carbocycles. The molecule has 0 radical (unpaired) electrons. The maximum Gasteiger partial charge on any atom is 0.325 e. The highest BCUT2D eigenvalue weighted by Gasteiger charge is 2.55. The number of aromatic hydroxyl groups is 1. The summed E-state index contributed by atoms with van der Waals surface area (Å²) in [6, 6.07) is 13.2. The van der Waals surface area contributed by atoms with Crippen molar-refractivity contribution in [3.05, 3.63) is 65.2 Å². The highest BCUT2D eigenvalue weighted by atomic mass is 16.3. The van der Waals surface area contributed by atoms with Gasteiger partial charge in [-0.1, -0.05) is 24.3 Å². The number of hydrogen-bond acceptors (Lipinski definition) is 5. The Kier molecular flexibility index (Phi) is 5.15. The predicted molar refractivity (Wildman–Crippen MR) is 118 cm³/mol. The Balaban J connectivity index is 1.21. The number of ketones is 1. The van der Waals surface area contributed by atoms with Crippen molar-refractivity contribution in [2.45, 2.75) is 31.2 Å². The van der Waals surface area contributed by atoms with Crippen molar-refractivity contribution >= 4 is 23.6 Å². The molecular weight excluding hydrogens is 422 g/mol. The van der Waals surface area contributed by atoms with Gasteiger partial charge in [0, 0.05) is 24.6 Å². The maximum absolute atomic E-state index is 13.3. The molecule has 0 unspecified atom stereocenters. The topological polar surface area (TPSA) is 107 Å². The fourth-order valence-corrected chi connectivity index (χ4v) is 5.22. The van der Waals surface area contributed by atoms with E-state index in [0.717, 1.165) is 16.0 Å². The van der Waals surface area contributed by atoms with Gasteiger partial charge in [0.1, 0.15) is 17.8 Å². The molecule has 8 heteroatoms. The van der Waals surface area contributed by atoms with Gasteiger partial charge in [0.05, 0.1) is 0 Å². The number of nitrogens with one attached hydrogen (secondary N) is 1. The fraction of sp³-hybridized carbons (Fsp3) is 0.360. The number of carbonyl (C=O) groups excluding carboxylic acids is 4. The molecule has 5 rings (SSSR count). The van der Waals surface area contributed by atoms with Gasteiger partial charge >= 0.3 is 6.03 Å². The number of imide groups is 1. The van der Waals surface area contributed by atoms with E-state index in [4.69, 9.17) is 0 Å². The smallest absolute Gasteiger partial charge is 0.325 e. The molecule has 2 aliphatic heterocycles. The molecule has 2 saturated heterocycles. The van der Waals surface area contributed by atoms with Crippen molar-refractivity contribution in [1.29, 1.82) is 0 Å². The van der Waals surface area contributed by atoms with E-state index in [1.54, 1.807) is 17.0 Å². The monoisotopic (exact) mass is 447 g/mol. The number of phenolic OH excluding ortho intramolecular Hbond substituents is 1. The Hall–Kier alpha value is -3.68. The number of benzene rings is 2. The number of aryl methyl sites for hydroxylation is 1. The number of rotatable bonds is 4. The Morgan fingerprint density at radius 2 is 1.73 bits per heavy atom. The molecule has 2 aromatic carbocycles. The van der Waals surface area contributed by atoms with E-state index in [0.29, 0.717) is 44.3 Å². The third-order valence-corrected chi connectivity index (χ3v) is 7.09. The van der Waals surface area contributed by atoms with Crippen LogP contribution in [0.4, 0.5) is 4.79 Å². The van der Waals surface area contributed by atoms with Crippen LogP contribution in [0.1, 0.15) is 40.7 Å². The molecule has 1 atom stereocenters. The second-order valence-electron chi connectivity index (χ2n) is 8.95. The number of hydrogen-bond donors (Lipinski definition) is 2. The van der Waals surface area contributed by atoms with Gasteiger partial charge in [-0.25, -0.2) is 4.79 Å². The number of piperidine rings is 1. The summed E-state index contributed by atoms with van der Waals surface area (Å²) in [5, 5.41) is 12.2. The zero-order chi connectivity index (χ0) is 23.2. The summed E-state index contributed by atoms with van der Waals surface area (Å²) in [6.07, 6.45) is 2.23. The van der Waals surface area contributed by atoms with Crippen LogP contribution in [0, 0.1) is 5.92 Å².